The van der Waals surface area contributed by atoms with Crippen LogP contribution in [0.3, 0.4) is 0 Å². The maximum Gasteiger partial charge on any atom is 0.125 e. The number of anilines is 6. The zero-order chi connectivity index (χ0) is 27.7. The van der Waals surface area contributed by atoms with Gasteiger partial charge in [0.15, 0.2) is 0 Å². The summed E-state index contributed by atoms with van der Waals surface area (Å²) in [4.78, 5) is 3.92. The minimum atomic E-state index is -0.367. The predicted molar refractivity (Wildman–Crippen MR) is 174 cm³/mol. The summed E-state index contributed by atoms with van der Waals surface area (Å²) in [5.74, 6) is -0.735. The van der Waals surface area contributed by atoms with Crippen molar-refractivity contribution >= 4 is 114 Å². The van der Waals surface area contributed by atoms with Crippen LogP contribution < -0.4 is 9.80 Å². The van der Waals surface area contributed by atoms with Gasteiger partial charge in [-0.3, -0.25) is 0 Å². The second-order valence-electron chi connectivity index (χ2n) is 8.38. The van der Waals surface area contributed by atoms with Crippen LogP contribution >= 0.6 is 79.6 Å². The van der Waals surface area contributed by atoms with E-state index in [4.69, 9.17) is 0 Å². The minimum Gasteiger partial charge on any atom is -0.307 e. The van der Waals surface area contributed by atoms with Gasteiger partial charge in [0.25, 0.3) is 0 Å². The second kappa shape index (κ2) is 12.2. The third kappa shape index (κ3) is 5.88. The molecular formula is C30H17Br5F2N2. The molecule has 5 aromatic rings. The molecule has 0 amide bonds. The van der Waals surface area contributed by atoms with Gasteiger partial charge in [0, 0.05) is 29.3 Å². The Morgan fingerprint density at radius 2 is 0.821 bits per heavy atom. The van der Waals surface area contributed by atoms with Crippen LogP contribution in [0.15, 0.2) is 125 Å². The normalized spacial score (nSPS) is 10.9. The van der Waals surface area contributed by atoms with Crippen LogP contribution in [0.25, 0.3) is 0 Å². The van der Waals surface area contributed by atoms with Crippen LogP contribution in [-0.2, 0) is 0 Å². The average molecular weight is 843 g/mol. The molecule has 5 rings (SSSR count). The molecule has 0 unspecified atom stereocenters. The Morgan fingerprint density at radius 1 is 0.436 bits per heavy atom. The van der Waals surface area contributed by atoms with Crippen molar-refractivity contribution in [3.05, 3.63) is 137 Å². The van der Waals surface area contributed by atoms with Crippen molar-refractivity contribution in [1.29, 1.82) is 0 Å². The molecular weight excluding hydrogens is 826 g/mol. The first-order valence-corrected chi connectivity index (χ1v) is 15.5. The molecule has 5 aromatic carbocycles. The van der Waals surface area contributed by atoms with Crippen molar-refractivity contribution in [2.24, 2.45) is 0 Å². The van der Waals surface area contributed by atoms with Gasteiger partial charge in [-0.15, -0.1) is 0 Å². The van der Waals surface area contributed by atoms with Crippen LogP contribution in [0.2, 0.25) is 0 Å². The number of halogens is 7. The molecule has 0 saturated carbocycles. The number of rotatable bonds is 6. The first-order valence-electron chi connectivity index (χ1n) is 11.5. The summed E-state index contributed by atoms with van der Waals surface area (Å²) >= 11 is 18.7. The largest absolute Gasteiger partial charge is 0.307 e. The highest BCUT2D eigenvalue weighted by Gasteiger charge is 2.28. The van der Waals surface area contributed by atoms with Crippen molar-refractivity contribution in [3.8, 4) is 0 Å². The molecule has 0 atom stereocenters. The highest BCUT2D eigenvalue weighted by molar-refractivity contribution is 9.12. The molecule has 196 valence electrons. The summed E-state index contributed by atoms with van der Waals surface area (Å²) in [6.45, 7) is 0. The van der Waals surface area contributed by atoms with Gasteiger partial charge in [-0.2, -0.15) is 0 Å². The van der Waals surface area contributed by atoms with Gasteiger partial charge >= 0.3 is 0 Å². The molecule has 0 heterocycles. The van der Waals surface area contributed by atoms with E-state index in [9.17, 15) is 8.78 Å². The van der Waals surface area contributed by atoms with Crippen molar-refractivity contribution in [3.63, 3.8) is 0 Å². The number of hydrogen-bond donors (Lipinski definition) is 0. The van der Waals surface area contributed by atoms with E-state index < -0.39 is 0 Å². The molecule has 0 radical (unpaired) electrons. The molecule has 0 aromatic heterocycles. The molecule has 39 heavy (non-hydrogen) atoms. The summed E-state index contributed by atoms with van der Waals surface area (Å²) in [6, 6.07) is 30.5. The maximum absolute atomic E-state index is 14.6. The highest BCUT2D eigenvalue weighted by atomic mass is 79.9. The molecule has 0 saturated heterocycles. The Morgan fingerprint density at radius 3 is 1.21 bits per heavy atom. The van der Waals surface area contributed by atoms with Gasteiger partial charge in [0.05, 0.1) is 27.2 Å². The molecule has 0 spiro atoms. The molecule has 0 bridgehead atoms. The van der Waals surface area contributed by atoms with E-state index in [2.05, 4.69) is 79.6 Å². The van der Waals surface area contributed by atoms with Gasteiger partial charge in [-0.25, -0.2) is 8.78 Å². The van der Waals surface area contributed by atoms with E-state index in [1.54, 1.807) is 12.1 Å². The Kier molecular flexibility index (Phi) is 8.93. The van der Waals surface area contributed by atoms with Crippen molar-refractivity contribution in [2.45, 2.75) is 0 Å². The van der Waals surface area contributed by atoms with Crippen molar-refractivity contribution in [2.75, 3.05) is 9.80 Å². The zero-order valence-corrected chi connectivity index (χ0v) is 27.8. The fourth-order valence-electron chi connectivity index (χ4n) is 4.23. The van der Waals surface area contributed by atoms with Crippen LogP contribution in [0, 0.1) is 11.6 Å². The van der Waals surface area contributed by atoms with Crippen LogP contribution in [0.5, 0.6) is 0 Å². The standard InChI is InChI=1S/C30H17Br5F2N2/c31-22-13-11-18(36)15-26(22)38(20-7-3-1-4-8-20)29-24(33)17-25(34)30(28(29)35)39(21-9-5-2-6-10-21)27-16-19(37)12-14-23(27)32/h1-17H. The summed E-state index contributed by atoms with van der Waals surface area (Å²) in [6.07, 6.45) is 0. The molecule has 9 heteroatoms. The SMILES string of the molecule is Fc1ccc(Br)c(N(c2ccccc2)c2c(Br)cc(Br)c(N(c3ccccc3)c3cc(F)ccc3Br)c2Br)c1. The molecule has 0 aliphatic rings. The van der Waals surface area contributed by atoms with E-state index in [1.165, 1.54) is 24.3 Å². The van der Waals surface area contributed by atoms with Gasteiger partial charge in [-0.1, -0.05) is 36.4 Å². The van der Waals surface area contributed by atoms with E-state index in [0.29, 0.717) is 24.8 Å². The molecule has 0 fully saturated rings. The second-order valence-corrected chi connectivity index (χ2v) is 12.6. The van der Waals surface area contributed by atoms with Gasteiger partial charge < -0.3 is 9.80 Å². The third-order valence-electron chi connectivity index (χ3n) is 5.90. The lowest BCUT2D eigenvalue weighted by Crippen LogP contribution is -2.16. The fraction of sp³-hybridized carbons (Fsp3) is 0. The Bertz CT molecular complexity index is 1530. The van der Waals surface area contributed by atoms with E-state index in [1.807, 2.05) is 76.5 Å². The third-order valence-corrected chi connectivity index (χ3v) is 9.20. The van der Waals surface area contributed by atoms with Crippen LogP contribution in [-0.4, -0.2) is 0 Å². The van der Waals surface area contributed by atoms with Gasteiger partial charge in [0.2, 0.25) is 0 Å². The average Bonchev–Trinajstić information content (AvgIpc) is 2.93. The van der Waals surface area contributed by atoms with E-state index >= 15 is 0 Å². The van der Waals surface area contributed by atoms with Gasteiger partial charge in [-0.05, 0) is 146 Å². The summed E-state index contributed by atoms with van der Waals surface area (Å²) < 4.78 is 32.8. The topological polar surface area (TPSA) is 6.48 Å². The Labute approximate surface area is 267 Å². The maximum atomic E-state index is 14.6. The quantitative estimate of drug-likeness (QED) is 0.168. The van der Waals surface area contributed by atoms with Crippen LogP contribution in [0.4, 0.5) is 42.9 Å². The number of benzene rings is 5. The van der Waals surface area contributed by atoms with E-state index in [-0.39, 0.29) is 11.6 Å². The summed E-state index contributed by atoms with van der Waals surface area (Å²) in [7, 11) is 0. The minimum absolute atomic E-state index is 0.367. The lowest BCUT2D eigenvalue weighted by atomic mass is 10.1. The summed E-state index contributed by atoms with van der Waals surface area (Å²) in [5, 5.41) is 0. The monoisotopic (exact) mass is 838 g/mol. The first-order chi connectivity index (χ1) is 18.8. The smallest absolute Gasteiger partial charge is 0.125 e. The Balaban J connectivity index is 1.85. The Hall–Kier alpha value is -2.04. The molecule has 0 aliphatic heterocycles. The van der Waals surface area contributed by atoms with Crippen molar-refractivity contribution in [1.82, 2.24) is 0 Å². The first kappa shape index (κ1) is 28.5. The number of hydrogen-bond acceptors (Lipinski definition) is 2. The van der Waals surface area contributed by atoms with Crippen LogP contribution in [0.1, 0.15) is 0 Å². The molecule has 0 aliphatic carbocycles. The highest BCUT2D eigenvalue weighted by Crippen LogP contribution is 2.54. The lowest BCUT2D eigenvalue weighted by molar-refractivity contribution is 0.627. The number of nitrogens with zero attached hydrogens (tertiary/aromatic N) is 2. The predicted octanol–water partition coefficient (Wildman–Crippen LogP) is 12.7. The fourth-order valence-corrected chi connectivity index (χ4v) is 7.90. The van der Waals surface area contributed by atoms with Crippen molar-refractivity contribution < 1.29 is 8.78 Å². The molecule has 0 N–H and O–H groups in total. The number of para-hydroxylation sites is 2. The van der Waals surface area contributed by atoms with Gasteiger partial charge in [0.1, 0.15) is 11.6 Å². The molecule has 2 nitrogen and oxygen atoms in total. The zero-order valence-electron chi connectivity index (χ0n) is 19.9. The summed E-state index contributed by atoms with van der Waals surface area (Å²) in [5.41, 5.74) is 4.29. The van der Waals surface area contributed by atoms with E-state index in [0.717, 1.165) is 31.7 Å². The lowest BCUT2D eigenvalue weighted by Gasteiger charge is -2.33.